The largest absolute Gasteiger partial charge is 0.473 e. The maximum atomic E-state index is 13.1. The van der Waals surface area contributed by atoms with Crippen molar-refractivity contribution in [3.8, 4) is 11.7 Å². The molecule has 0 aliphatic carbocycles. The molecule has 2 fully saturated rings. The van der Waals surface area contributed by atoms with Gasteiger partial charge in [-0.3, -0.25) is 9.59 Å². The topological polar surface area (TPSA) is 93.5 Å². The van der Waals surface area contributed by atoms with Gasteiger partial charge in [-0.05, 0) is 30.3 Å². The van der Waals surface area contributed by atoms with Gasteiger partial charge in [0.2, 0.25) is 17.7 Å². The highest BCUT2D eigenvalue weighted by Crippen LogP contribution is 2.29. The number of hydrogen-bond acceptors (Lipinski definition) is 6. The van der Waals surface area contributed by atoms with Gasteiger partial charge in [-0.15, -0.1) is 10.2 Å². The zero-order valence-electron chi connectivity index (χ0n) is 17.9. The van der Waals surface area contributed by atoms with E-state index in [2.05, 4.69) is 31.2 Å². The van der Waals surface area contributed by atoms with Crippen LogP contribution in [-0.2, 0) is 9.59 Å². The molecule has 0 saturated carbocycles. The maximum absolute atomic E-state index is 13.1. The van der Waals surface area contributed by atoms with Gasteiger partial charge in [-0.2, -0.15) is 5.10 Å². The van der Waals surface area contributed by atoms with Gasteiger partial charge >= 0.3 is 0 Å². The Morgan fingerprint density at radius 3 is 2.64 bits per heavy atom. The van der Waals surface area contributed by atoms with Crippen LogP contribution in [-0.4, -0.2) is 62.4 Å². The predicted octanol–water partition coefficient (Wildman–Crippen LogP) is 2.85. The lowest BCUT2D eigenvalue weighted by Gasteiger charge is -2.33. The predicted molar refractivity (Wildman–Crippen MR) is 124 cm³/mol. The van der Waals surface area contributed by atoms with E-state index >= 15 is 0 Å². The zero-order chi connectivity index (χ0) is 22.8. The van der Waals surface area contributed by atoms with Crippen molar-refractivity contribution in [3.63, 3.8) is 0 Å². The number of hydrogen-bond donors (Lipinski definition) is 0. The van der Waals surface area contributed by atoms with Gasteiger partial charge in [0.05, 0.1) is 5.92 Å². The van der Waals surface area contributed by atoms with Crippen molar-refractivity contribution < 1.29 is 14.3 Å². The minimum Gasteiger partial charge on any atom is -0.473 e. The normalized spacial score (nSPS) is 19.2. The Bertz CT molecular complexity index is 1130. The number of carbonyl (C=O) groups excluding carboxylic acids is 2. The van der Waals surface area contributed by atoms with Crippen molar-refractivity contribution in [2.75, 3.05) is 24.5 Å². The second-order valence-electron chi connectivity index (χ2n) is 8.21. The summed E-state index contributed by atoms with van der Waals surface area (Å²) in [6.07, 6.45) is 5.13. The molecule has 0 spiro atoms. The van der Waals surface area contributed by atoms with E-state index < -0.39 is 0 Å². The summed E-state index contributed by atoms with van der Waals surface area (Å²) in [6, 6.07) is 13.0. The molecule has 1 unspecified atom stereocenters. The summed E-state index contributed by atoms with van der Waals surface area (Å²) < 4.78 is 8.52. The van der Waals surface area contributed by atoms with E-state index in [1.165, 1.54) is 0 Å². The summed E-state index contributed by atoms with van der Waals surface area (Å²) in [5, 5.41) is 12.4. The van der Waals surface area contributed by atoms with Crippen molar-refractivity contribution in [1.29, 1.82) is 0 Å². The average Bonchev–Trinajstić information content (AvgIpc) is 3.50. The molecule has 2 amide bonds. The first kappa shape index (κ1) is 21.6. The summed E-state index contributed by atoms with van der Waals surface area (Å²) in [7, 11) is 0. The van der Waals surface area contributed by atoms with Crippen molar-refractivity contribution in [2.24, 2.45) is 5.92 Å². The van der Waals surface area contributed by atoms with Crippen molar-refractivity contribution in [1.82, 2.24) is 24.9 Å². The number of nitrogens with zero attached hydrogens (tertiary/aromatic N) is 6. The fraction of sp³-hybridized carbons (Fsp3) is 0.348. The SMILES string of the molecule is O=C(C1CC(=O)N(c2cccc(Br)c2)C1)N1CCC(Oc2ccc(-n3cccn3)nn2)CC1. The van der Waals surface area contributed by atoms with Crippen LogP contribution in [0.3, 0.4) is 0 Å². The van der Waals surface area contributed by atoms with Crippen LogP contribution < -0.4 is 9.64 Å². The van der Waals surface area contributed by atoms with E-state index in [0.717, 1.165) is 10.2 Å². The number of rotatable bonds is 5. The monoisotopic (exact) mass is 510 g/mol. The van der Waals surface area contributed by atoms with Gasteiger partial charge in [0.15, 0.2) is 5.82 Å². The number of aromatic nitrogens is 4. The molecule has 2 aliphatic rings. The van der Waals surface area contributed by atoms with Crippen molar-refractivity contribution in [2.45, 2.75) is 25.4 Å². The smallest absolute Gasteiger partial charge is 0.233 e. The summed E-state index contributed by atoms with van der Waals surface area (Å²) in [4.78, 5) is 29.2. The summed E-state index contributed by atoms with van der Waals surface area (Å²) in [6.45, 7) is 1.62. The fourth-order valence-corrected chi connectivity index (χ4v) is 4.68. The first-order valence-electron chi connectivity index (χ1n) is 10.9. The number of piperidine rings is 1. The molecule has 0 bridgehead atoms. The molecule has 33 heavy (non-hydrogen) atoms. The zero-order valence-corrected chi connectivity index (χ0v) is 19.5. The van der Waals surface area contributed by atoms with Gasteiger partial charge in [0.1, 0.15) is 6.10 Å². The van der Waals surface area contributed by atoms with Crippen LogP contribution in [0, 0.1) is 5.92 Å². The molecule has 1 aromatic carbocycles. The fourth-order valence-electron chi connectivity index (χ4n) is 4.29. The lowest BCUT2D eigenvalue weighted by atomic mass is 10.0. The van der Waals surface area contributed by atoms with Gasteiger partial charge in [0, 0.05) is 67.5 Å². The Kier molecular flexibility index (Phi) is 6.08. The molecule has 5 rings (SSSR count). The third-order valence-corrected chi connectivity index (χ3v) is 6.49. The molecule has 3 aromatic rings. The van der Waals surface area contributed by atoms with Crippen LogP contribution in [0.4, 0.5) is 5.69 Å². The minimum atomic E-state index is -0.311. The Balaban J connectivity index is 1.13. The highest BCUT2D eigenvalue weighted by Gasteiger charge is 2.38. The number of halogens is 1. The van der Waals surface area contributed by atoms with E-state index in [-0.39, 0.29) is 30.3 Å². The van der Waals surface area contributed by atoms with E-state index in [4.69, 9.17) is 4.74 Å². The Hall–Kier alpha value is -3.27. The standard InChI is InChI=1S/C23H23BrN6O3/c24-17-3-1-4-18(14-17)29-15-16(13-22(29)31)23(32)28-11-7-19(8-12-28)33-21-6-5-20(26-27-21)30-10-2-9-25-30/h1-6,9-10,14,16,19H,7-8,11-13,15H2. The van der Waals surface area contributed by atoms with Crippen molar-refractivity contribution >= 4 is 33.4 Å². The number of amides is 2. The lowest BCUT2D eigenvalue weighted by Crippen LogP contribution is -2.45. The highest BCUT2D eigenvalue weighted by molar-refractivity contribution is 9.10. The Morgan fingerprint density at radius 1 is 1.09 bits per heavy atom. The highest BCUT2D eigenvalue weighted by atomic mass is 79.9. The van der Waals surface area contributed by atoms with E-state index in [1.54, 1.807) is 28.0 Å². The van der Waals surface area contributed by atoms with Crippen LogP contribution >= 0.6 is 15.9 Å². The first-order chi connectivity index (χ1) is 16.1. The van der Waals surface area contributed by atoms with Gasteiger partial charge in [-0.1, -0.05) is 22.0 Å². The van der Waals surface area contributed by atoms with Crippen LogP contribution in [0.5, 0.6) is 5.88 Å². The van der Waals surface area contributed by atoms with Gasteiger partial charge in [0.25, 0.3) is 0 Å². The van der Waals surface area contributed by atoms with Gasteiger partial charge in [-0.25, -0.2) is 4.68 Å². The first-order valence-corrected chi connectivity index (χ1v) is 11.7. The molecular weight excluding hydrogens is 488 g/mol. The number of carbonyl (C=O) groups is 2. The summed E-state index contributed by atoms with van der Waals surface area (Å²) in [5.74, 6) is 0.802. The van der Waals surface area contributed by atoms with E-state index in [9.17, 15) is 9.59 Å². The number of likely N-dealkylation sites (tertiary alicyclic amines) is 1. The molecule has 170 valence electrons. The average molecular weight is 511 g/mol. The quantitative estimate of drug-likeness (QED) is 0.523. The molecule has 10 heteroatoms. The number of ether oxygens (including phenoxy) is 1. The molecule has 2 saturated heterocycles. The molecule has 2 aliphatic heterocycles. The second kappa shape index (κ2) is 9.30. The maximum Gasteiger partial charge on any atom is 0.233 e. The van der Waals surface area contributed by atoms with Crippen LogP contribution in [0.1, 0.15) is 19.3 Å². The number of anilines is 1. The van der Waals surface area contributed by atoms with Gasteiger partial charge < -0.3 is 14.5 Å². The molecule has 4 heterocycles. The second-order valence-corrected chi connectivity index (χ2v) is 9.12. The lowest BCUT2D eigenvalue weighted by molar-refractivity contribution is -0.137. The Morgan fingerprint density at radius 2 is 1.94 bits per heavy atom. The minimum absolute atomic E-state index is 0.0122. The van der Waals surface area contributed by atoms with Crippen LogP contribution in [0.25, 0.3) is 5.82 Å². The number of benzene rings is 1. The molecule has 0 N–H and O–H groups in total. The van der Waals surface area contributed by atoms with Crippen LogP contribution in [0.15, 0.2) is 59.3 Å². The Labute approximate surface area is 199 Å². The summed E-state index contributed by atoms with van der Waals surface area (Å²) in [5.41, 5.74) is 0.816. The van der Waals surface area contributed by atoms with Crippen molar-refractivity contribution in [3.05, 3.63) is 59.3 Å². The molecular formula is C23H23BrN6O3. The molecule has 0 radical (unpaired) electrons. The third kappa shape index (κ3) is 4.75. The summed E-state index contributed by atoms with van der Waals surface area (Å²) >= 11 is 3.44. The van der Waals surface area contributed by atoms with E-state index in [0.29, 0.717) is 44.2 Å². The van der Waals surface area contributed by atoms with E-state index in [1.807, 2.05) is 41.3 Å². The van der Waals surface area contributed by atoms with Crippen LogP contribution in [0.2, 0.25) is 0 Å². The molecule has 1 atom stereocenters. The molecule has 9 nitrogen and oxygen atoms in total. The third-order valence-electron chi connectivity index (χ3n) is 6.00. The molecule has 2 aromatic heterocycles.